The minimum atomic E-state index is -5.00. The number of amides is 1. The van der Waals surface area contributed by atoms with Crippen LogP contribution in [0.3, 0.4) is 0 Å². The van der Waals surface area contributed by atoms with Crippen LogP contribution < -0.4 is 34.9 Å². The third kappa shape index (κ3) is 16.7. The first-order valence-electron chi connectivity index (χ1n) is 9.81. The molecule has 0 aromatic carbocycles. The van der Waals surface area contributed by atoms with E-state index in [4.69, 9.17) is 9.84 Å². The summed E-state index contributed by atoms with van der Waals surface area (Å²) in [6.45, 7) is 1.80. The fourth-order valence-electron chi connectivity index (χ4n) is 2.59. The molecule has 0 heterocycles. The molecule has 0 saturated heterocycles. The fraction of sp³-hybridized carbons (Fsp3) is 0.889. The van der Waals surface area contributed by atoms with Gasteiger partial charge >= 0.3 is 35.5 Å². The maximum absolute atomic E-state index is 11.8. The second-order valence-electron chi connectivity index (χ2n) is 6.61. The van der Waals surface area contributed by atoms with Crippen molar-refractivity contribution in [3.8, 4) is 0 Å². The van der Waals surface area contributed by atoms with Gasteiger partial charge in [0.05, 0.1) is 19.6 Å². The van der Waals surface area contributed by atoms with E-state index in [1.54, 1.807) is 0 Å². The minimum Gasteiger partial charge on any atom is -0.747 e. The number of aliphatic hydroxyl groups excluding tert-OH is 1. The maximum Gasteiger partial charge on any atom is 1.00 e. The van der Waals surface area contributed by atoms with Crippen molar-refractivity contribution in [1.82, 2.24) is 5.32 Å². The van der Waals surface area contributed by atoms with Gasteiger partial charge in [-0.25, -0.2) is 8.42 Å². The molecule has 10 heteroatoms. The van der Waals surface area contributed by atoms with Gasteiger partial charge in [-0.1, -0.05) is 64.7 Å². The zero-order valence-corrected chi connectivity index (χ0v) is 20.1. The molecule has 0 aliphatic rings. The zero-order valence-electron chi connectivity index (χ0n) is 17.3. The van der Waals surface area contributed by atoms with Crippen LogP contribution in [0, 0.1) is 0 Å². The first-order valence-corrected chi connectivity index (χ1v) is 11.3. The van der Waals surface area contributed by atoms with Crippen molar-refractivity contribution in [3.63, 3.8) is 0 Å². The molecule has 0 aromatic rings. The molecule has 0 rings (SSSR count). The second kappa shape index (κ2) is 18.8. The molecule has 0 radical (unpaired) electrons. The second-order valence-corrected chi connectivity index (χ2v) is 8.16. The van der Waals surface area contributed by atoms with Crippen LogP contribution >= 0.6 is 0 Å². The molecule has 0 fully saturated rings. The third-order valence-electron chi connectivity index (χ3n) is 4.16. The monoisotopic (exact) mass is 431 g/mol. The van der Waals surface area contributed by atoms with Gasteiger partial charge in [0.15, 0.2) is 5.25 Å². The molecule has 2 N–H and O–H groups in total. The fourth-order valence-corrected chi connectivity index (χ4v) is 3.25. The van der Waals surface area contributed by atoms with Crippen LogP contribution in [-0.2, 0) is 24.4 Å². The van der Waals surface area contributed by atoms with Gasteiger partial charge in [-0.05, 0) is 6.42 Å². The van der Waals surface area contributed by atoms with Gasteiger partial charge in [-0.3, -0.25) is 9.59 Å². The van der Waals surface area contributed by atoms with Crippen molar-refractivity contribution in [3.05, 3.63) is 0 Å². The van der Waals surface area contributed by atoms with Crippen molar-refractivity contribution >= 4 is 22.0 Å². The molecule has 0 bridgehead atoms. The van der Waals surface area contributed by atoms with E-state index < -0.39 is 33.7 Å². The summed E-state index contributed by atoms with van der Waals surface area (Å²) in [5, 5.41) is 8.75. The van der Waals surface area contributed by atoms with E-state index in [0.29, 0.717) is 6.42 Å². The van der Waals surface area contributed by atoms with Crippen LogP contribution in [0.4, 0.5) is 0 Å². The van der Waals surface area contributed by atoms with Crippen molar-refractivity contribution in [2.24, 2.45) is 0 Å². The van der Waals surface area contributed by atoms with Gasteiger partial charge in [0.1, 0.15) is 10.1 Å². The Morgan fingerprint density at radius 2 is 1.50 bits per heavy atom. The van der Waals surface area contributed by atoms with Crippen LogP contribution in [0.15, 0.2) is 0 Å². The number of ether oxygens (including phenoxy) is 1. The number of hydrogen-bond donors (Lipinski definition) is 2. The SMILES string of the molecule is CCCCCCCCCCCCOC(=O)C(CC(=O)NCCO)S(=O)(=O)[O-].[Na+]. The van der Waals surface area contributed by atoms with Crippen molar-refractivity contribution in [2.45, 2.75) is 82.8 Å². The average molecular weight is 432 g/mol. The standard InChI is InChI=1S/C18H35NO7S.Na/c1-2-3-4-5-6-7-8-9-10-11-14-26-18(22)16(27(23,24)25)15-17(21)19-12-13-20;/h16,20H,2-15H2,1H3,(H,19,21)(H,23,24,25);/q;+1/p-1. The predicted molar refractivity (Wildman–Crippen MR) is 101 cm³/mol. The summed E-state index contributed by atoms with van der Waals surface area (Å²) in [6.07, 6.45) is 10.3. The van der Waals surface area contributed by atoms with Crippen LogP contribution in [0.1, 0.15) is 77.6 Å². The molecule has 0 saturated carbocycles. The molecule has 1 atom stereocenters. The molecule has 160 valence electrons. The summed E-state index contributed by atoms with van der Waals surface area (Å²) < 4.78 is 38.5. The Morgan fingerprint density at radius 1 is 1.00 bits per heavy atom. The van der Waals surface area contributed by atoms with Crippen molar-refractivity contribution in [1.29, 1.82) is 0 Å². The molecule has 0 aromatic heterocycles. The summed E-state index contributed by atoms with van der Waals surface area (Å²) in [4.78, 5) is 23.3. The Balaban J connectivity index is 0. The van der Waals surface area contributed by atoms with Gasteiger partial charge in [0.2, 0.25) is 5.91 Å². The van der Waals surface area contributed by atoms with E-state index >= 15 is 0 Å². The number of carbonyl (C=O) groups is 2. The third-order valence-corrected chi connectivity index (χ3v) is 5.21. The molecule has 0 aliphatic carbocycles. The molecule has 28 heavy (non-hydrogen) atoms. The predicted octanol–water partition coefficient (Wildman–Crippen LogP) is -1.13. The molecule has 0 spiro atoms. The summed E-state index contributed by atoms with van der Waals surface area (Å²) in [7, 11) is -5.00. The average Bonchev–Trinajstić information content (AvgIpc) is 2.61. The Labute approximate surface area is 191 Å². The molecular formula is C18H34NNaO7S. The molecule has 1 unspecified atom stereocenters. The van der Waals surface area contributed by atoms with Crippen LogP contribution in [0.25, 0.3) is 0 Å². The summed E-state index contributed by atoms with van der Waals surface area (Å²) in [6, 6.07) is 0. The van der Waals surface area contributed by atoms with E-state index in [0.717, 1.165) is 19.3 Å². The first-order chi connectivity index (χ1) is 12.8. The molecule has 1 amide bonds. The molecule has 0 aliphatic heterocycles. The number of carbonyl (C=O) groups excluding carboxylic acids is 2. The molecule has 8 nitrogen and oxygen atoms in total. The molecular weight excluding hydrogens is 397 g/mol. The number of aliphatic hydroxyl groups is 1. The van der Waals surface area contributed by atoms with Crippen LogP contribution in [0.5, 0.6) is 0 Å². The van der Waals surface area contributed by atoms with Crippen molar-refractivity contribution in [2.75, 3.05) is 19.8 Å². The zero-order chi connectivity index (χ0) is 20.5. The Morgan fingerprint density at radius 3 is 1.96 bits per heavy atom. The number of hydrogen-bond acceptors (Lipinski definition) is 7. The van der Waals surface area contributed by atoms with Gasteiger partial charge in [0, 0.05) is 6.54 Å². The van der Waals surface area contributed by atoms with Crippen LogP contribution in [-0.4, -0.2) is 55.0 Å². The number of esters is 1. The van der Waals surface area contributed by atoms with E-state index in [2.05, 4.69) is 12.2 Å². The van der Waals surface area contributed by atoms with Crippen molar-refractivity contribution < 1.29 is 62.0 Å². The quantitative estimate of drug-likeness (QED) is 0.129. The number of unbranched alkanes of at least 4 members (excludes halogenated alkanes) is 9. The largest absolute Gasteiger partial charge is 1.00 e. The minimum absolute atomic E-state index is 0. The Bertz CT molecular complexity index is 514. The maximum atomic E-state index is 11.8. The van der Waals surface area contributed by atoms with Gasteiger partial charge in [-0.15, -0.1) is 0 Å². The topological polar surface area (TPSA) is 133 Å². The normalized spacial score (nSPS) is 12.1. The van der Waals surface area contributed by atoms with Crippen LogP contribution in [0.2, 0.25) is 0 Å². The summed E-state index contributed by atoms with van der Waals surface area (Å²) in [5.41, 5.74) is 0. The first kappa shape index (κ1) is 30.0. The number of rotatable bonds is 17. The van der Waals surface area contributed by atoms with Gasteiger partial charge in [-0.2, -0.15) is 0 Å². The van der Waals surface area contributed by atoms with Gasteiger partial charge in [0.25, 0.3) is 0 Å². The summed E-state index contributed by atoms with van der Waals surface area (Å²) in [5.74, 6) is -2.00. The van der Waals surface area contributed by atoms with Gasteiger partial charge < -0.3 is 19.7 Å². The van der Waals surface area contributed by atoms with E-state index in [9.17, 15) is 22.6 Å². The van der Waals surface area contributed by atoms with E-state index in [1.807, 2.05) is 0 Å². The van der Waals surface area contributed by atoms with E-state index in [-0.39, 0.29) is 49.3 Å². The van der Waals surface area contributed by atoms with E-state index in [1.165, 1.54) is 38.5 Å². The number of nitrogens with one attached hydrogen (secondary N) is 1. The Kier molecular flexibility index (Phi) is 20.2. The Hall–Kier alpha value is -0.190. The summed E-state index contributed by atoms with van der Waals surface area (Å²) >= 11 is 0. The smallest absolute Gasteiger partial charge is 0.747 e.